The summed E-state index contributed by atoms with van der Waals surface area (Å²) in [5.74, 6) is 0.0390. The molecule has 0 fully saturated rings. The Balaban J connectivity index is 3.11. The Labute approximate surface area is 113 Å². The van der Waals surface area contributed by atoms with E-state index in [1.54, 1.807) is 0 Å². The Hall–Kier alpha value is -1.62. The smallest absolute Gasteiger partial charge is 0.236 e. The van der Waals surface area contributed by atoms with Gasteiger partial charge in [-0.15, -0.1) is 0 Å². The maximum Gasteiger partial charge on any atom is 0.236 e. The molecule has 0 bridgehead atoms. The average molecular weight is 265 g/mol. The van der Waals surface area contributed by atoms with Crippen LogP contribution >= 0.6 is 12.2 Å². The maximum atomic E-state index is 11.2. The van der Waals surface area contributed by atoms with E-state index >= 15 is 0 Å². The number of thiocarbonyl (C=S) groups is 1. The van der Waals surface area contributed by atoms with Gasteiger partial charge in [-0.3, -0.25) is 4.79 Å². The largest absolute Gasteiger partial charge is 0.389 e. The number of carbonyl (C=O) groups excluding carboxylic acids is 1. The Kier molecular flexibility index (Phi) is 5.09. The van der Waals surface area contributed by atoms with Crippen LogP contribution in [-0.2, 0) is 4.79 Å². The van der Waals surface area contributed by atoms with Gasteiger partial charge >= 0.3 is 0 Å². The minimum absolute atomic E-state index is 0.164. The van der Waals surface area contributed by atoms with Crippen molar-refractivity contribution < 1.29 is 4.79 Å². The molecule has 4 N–H and O–H groups in total. The van der Waals surface area contributed by atoms with Gasteiger partial charge in [0, 0.05) is 17.8 Å². The Bertz CT molecular complexity index is 446. The third-order valence-electron chi connectivity index (χ3n) is 2.44. The molecule has 0 unspecified atom stereocenters. The van der Waals surface area contributed by atoms with E-state index in [-0.39, 0.29) is 12.5 Å². The second-order valence-corrected chi connectivity index (χ2v) is 5.06. The van der Waals surface area contributed by atoms with Crippen molar-refractivity contribution >= 4 is 28.8 Å². The van der Waals surface area contributed by atoms with Gasteiger partial charge in [0.2, 0.25) is 5.91 Å². The lowest BCUT2D eigenvalue weighted by Gasteiger charge is -2.27. The molecular formula is C13H19N3OS. The first-order chi connectivity index (χ1) is 8.41. The zero-order valence-electron chi connectivity index (χ0n) is 10.7. The number of nitrogens with zero attached hydrogens (tertiary/aromatic N) is 1. The lowest BCUT2D eigenvalue weighted by Crippen LogP contribution is -2.37. The fourth-order valence-corrected chi connectivity index (χ4v) is 2.01. The van der Waals surface area contributed by atoms with Crippen LogP contribution in [0.4, 0.5) is 5.69 Å². The zero-order chi connectivity index (χ0) is 13.7. The van der Waals surface area contributed by atoms with Gasteiger partial charge in [-0.1, -0.05) is 38.2 Å². The second kappa shape index (κ2) is 6.35. The summed E-state index contributed by atoms with van der Waals surface area (Å²) in [6.45, 7) is 5.05. The lowest BCUT2D eigenvalue weighted by atomic mass is 10.1. The summed E-state index contributed by atoms with van der Waals surface area (Å²) in [5.41, 5.74) is 12.6. The molecular weight excluding hydrogens is 246 g/mol. The molecule has 0 spiro atoms. The van der Waals surface area contributed by atoms with Crippen molar-refractivity contribution in [1.29, 1.82) is 0 Å². The van der Waals surface area contributed by atoms with Gasteiger partial charge in [0.1, 0.15) is 4.99 Å². The topological polar surface area (TPSA) is 72.3 Å². The van der Waals surface area contributed by atoms with Crippen LogP contribution in [0.15, 0.2) is 24.3 Å². The van der Waals surface area contributed by atoms with Gasteiger partial charge in [0.15, 0.2) is 0 Å². The molecule has 0 aliphatic rings. The highest BCUT2D eigenvalue weighted by Crippen LogP contribution is 2.21. The molecule has 1 rings (SSSR count). The first-order valence-electron chi connectivity index (χ1n) is 5.84. The normalized spacial score (nSPS) is 10.4. The summed E-state index contributed by atoms with van der Waals surface area (Å²) in [4.78, 5) is 13.4. The zero-order valence-corrected chi connectivity index (χ0v) is 11.5. The van der Waals surface area contributed by atoms with Crippen molar-refractivity contribution in [3.05, 3.63) is 29.8 Å². The Morgan fingerprint density at radius 3 is 2.44 bits per heavy atom. The van der Waals surface area contributed by atoms with Crippen molar-refractivity contribution in [1.82, 2.24) is 0 Å². The van der Waals surface area contributed by atoms with Gasteiger partial charge in [-0.05, 0) is 18.1 Å². The molecule has 0 radical (unpaired) electrons. The summed E-state index contributed by atoms with van der Waals surface area (Å²) < 4.78 is 0. The van der Waals surface area contributed by atoms with Crippen molar-refractivity contribution in [2.24, 2.45) is 17.4 Å². The van der Waals surface area contributed by atoms with Crippen LogP contribution in [-0.4, -0.2) is 24.0 Å². The van der Waals surface area contributed by atoms with Crippen LogP contribution < -0.4 is 16.4 Å². The highest BCUT2D eigenvalue weighted by molar-refractivity contribution is 7.80. The Morgan fingerprint density at radius 1 is 1.33 bits per heavy atom. The number of hydrogen-bond donors (Lipinski definition) is 2. The van der Waals surface area contributed by atoms with Crippen LogP contribution in [0.3, 0.4) is 0 Å². The monoisotopic (exact) mass is 265 g/mol. The van der Waals surface area contributed by atoms with Crippen molar-refractivity contribution in [3.63, 3.8) is 0 Å². The molecule has 1 amide bonds. The number of carbonyl (C=O) groups is 1. The fraction of sp³-hybridized carbons (Fsp3) is 0.385. The van der Waals surface area contributed by atoms with Gasteiger partial charge in [0.05, 0.1) is 6.54 Å². The summed E-state index contributed by atoms with van der Waals surface area (Å²) in [6, 6.07) is 7.52. The number of primary amides is 1. The quantitative estimate of drug-likeness (QED) is 0.760. The van der Waals surface area contributed by atoms with Crippen LogP contribution in [0, 0.1) is 5.92 Å². The number of hydrogen-bond acceptors (Lipinski definition) is 3. The van der Waals surface area contributed by atoms with E-state index in [0.29, 0.717) is 10.9 Å². The summed E-state index contributed by atoms with van der Waals surface area (Å²) >= 11 is 5.03. The first kappa shape index (κ1) is 14.4. The molecule has 1 aromatic carbocycles. The van der Waals surface area contributed by atoms with Gasteiger partial charge < -0.3 is 16.4 Å². The third kappa shape index (κ3) is 4.00. The standard InChI is InChI=1S/C13H19N3OS/c1-9(2)7-16(8-12(14)17)11-6-4-3-5-10(11)13(15)18/h3-6,9H,7-8H2,1-2H3,(H2,14,17)(H2,15,18). The van der Waals surface area contributed by atoms with Crippen LogP contribution in [0.2, 0.25) is 0 Å². The minimum atomic E-state index is -0.367. The van der Waals surface area contributed by atoms with E-state index in [1.807, 2.05) is 29.2 Å². The highest BCUT2D eigenvalue weighted by atomic mass is 32.1. The molecule has 5 heteroatoms. The molecule has 98 valence electrons. The molecule has 0 saturated carbocycles. The molecule has 0 aromatic heterocycles. The lowest BCUT2D eigenvalue weighted by molar-refractivity contribution is -0.116. The second-order valence-electron chi connectivity index (χ2n) is 4.62. The van der Waals surface area contributed by atoms with Gasteiger partial charge in [0.25, 0.3) is 0 Å². The van der Waals surface area contributed by atoms with Crippen LogP contribution in [0.5, 0.6) is 0 Å². The fourth-order valence-electron chi connectivity index (χ4n) is 1.83. The molecule has 0 aliphatic heterocycles. The molecule has 0 atom stereocenters. The predicted octanol–water partition coefficient (Wildman–Crippen LogP) is 1.27. The molecule has 0 heterocycles. The van der Waals surface area contributed by atoms with Crippen LogP contribution in [0.25, 0.3) is 0 Å². The Morgan fingerprint density at radius 2 is 1.94 bits per heavy atom. The van der Waals surface area contributed by atoms with Crippen molar-refractivity contribution in [2.75, 3.05) is 18.0 Å². The van der Waals surface area contributed by atoms with Gasteiger partial charge in [-0.25, -0.2) is 0 Å². The van der Waals surface area contributed by atoms with E-state index in [0.717, 1.165) is 17.8 Å². The van der Waals surface area contributed by atoms with Gasteiger partial charge in [-0.2, -0.15) is 0 Å². The van der Waals surface area contributed by atoms with E-state index in [1.165, 1.54) is 0 Å². The van der Waals surface area contributed by atoms with Crippen molar-refractivity contribution in [3.8, 4) is 0 Å². The summed E-state index contributed by atoms with van der Waals surface area (Å²) in [5, 5.41) is 0. The molecule has 0 saturated heterocycles. The number of nitrogens with two attached hydrogens (primary N) is 2. The molecule has 0 aliphatic carbocycles. The first-order valence-corrected chi connectivity index (χ1v) is 6.24. The van der Waals surface area contributed by atoms with E-state index < -0.39 is 0 Å². The summed E-state index contributed by atoms with van der Waals surface area (Å²) in [7, 11) is 0. The third-order valence-corrected chi connectivity index (χ3v) is 2.66. The number of anilines is 1. The summed E-state index contributed by atoms with van der Waals surface area (Å²) in [6.07, 6.45) is 0. The number of para-hydroxylation sites is 1. The van der Waals surface area contributed by atoms with Crippen molar-refractivity contribution in [2.45, 2.75) is 13.8 Å². The number of amides is 1. The van der Waals surface area contributed by atoms with E-state index in [9.17, 15) is 4.79 Å². The SMILES string of the molecule is CC(C)CN(CC(N)=O)c1ccccc1C(N)=S. The number of rotatable bonds is 6. The highest BCUT2D eigenvalue weighted by Gasteiger charge is 2.15. The average Bonchev–Trinajstić information content (AvgIpc) is 2.26. The number of benzene rings is 1. The maximum absolute atomic E-state index is 11.2. The molecule has 4 nitrogen and oxygen atoms in total. The minimum Gasteiger partial charge on any atom is -0.389 e. The van der Waals surface area contributed by atoms with E-state index in [4.69, 9.17) is 23.7 Å². The van der Waals surface area contributed by atoms with Crippen LogP contribution in [0.1, 0.15) is 19.4 Å². The molecule has 1 aromatic rings. The predicted molar refractivity (Wildman–Crippen MR) is 78.6 cm³/mol. The van der Waals surface area contributed by atoms with E-state index in [2.05, 4.69) is 13.8 Å². The molecule has 18 heavy (non-hydrogen) atoms.